The largest absolute Gasteiger partial charge is 0.380 e. The second-order valence-corrected chi connectivity index (χ2v) is 13.7. The molecule has 0 radical (unpaired) electrons. The van der Waals surface area contributed by atoms with E-state index in [1.165, 1.54) is 32.1 Å². The van der Waals surface area contributed by atoms with Crippen LogP contribution in [-0.2, 0) is 4.57 Å². The lowest BCUT2D eigenvalue weighted by Gasteiger charge is -2.60. The molecule has 6 atom stereocenters. The molecule has 2 aromatic rings. The van der Waals surface area contributed by atoms with E-state index in [9.17, 15) is 19.1 Å². The first-order valence-corrected chi connectivity index (χ1v) is 15.1. The minimum absolute atomic E-state index is 0.0618. The van der Waals surface area contributed by atoms with Gasteiger partial charge in [-0.05, 0) is 93.2 Å². The van der Waals surface area contributed by atoms with E-state index in [1.807, 2.05) is 12.1 Å². The number of aromatic nitrogens is 2. The summed E-state index contributed by atoms with van der Waals surface area (Å²) in [6.45, 7) is 6.09. The van der Waals surface area contributed by atoms with Gasteiger partial charge in [0.15, 0.2) is 0 Å². The quantitative estimate of drug-likeness (QED) is 0.598. The van der Waals surface area contributed by atoms with E-state index < -0.39 is 18.6 Å². The van der Waals surface area contributed by atoms with Gasteiger partial charge in [-0.25, -0.2) is 4.98 Å². The molecule has 0 amide bonds. The van der Waals surface area contributed by atoms with Gasteiger partial charge in [0.25, 0.3) is 5.56 Å². The van der Waals surface area contributed by atoms with Crippen molar-refractivity contribution in [2.24, 2.45) is 23.2 Å². The van der Waals surface area contributed by atoms with E-state index in [4.69, 9.17) is 0 Å². The van der Waals surface area contributed by atoms with Crippen molar-refractivity contribution in [3.8, 4) is 0 Å². The molecule has 8 heteroatoms. The Morgan fingerprint density at radius 3 is 2.40 bits per heavy atom. The fourth-order valence-electron chi connectivity index (χ4n) is 8.34. The predicted octanol–water partition coefficient (Wildman–Crippen LogP) is 4.22. The summed E-state index contributed by atoms with van der Waals surface area (Å²) in [7, 11) is -4.77. The van der Waals surface area contributed by atoms with Gasteiger partial charge >= 0.3 is 7.60 Å². The number of hydrogen-bond acceptors (Lipinski definition) is 4. The molecule has 2 N–H and O–H groups in total. The molecule has 2 saturated heterocycles. The lowest BCUT2D eigenvalue weighted by Crippen LogP contribution is -2.56. The number of fused-ring (bicyclic) bond motifs is 5. The summed E-state index contributed by atoms with van der Waals surface area (Å²) in [5.74, 6) is 2.66. The molecule has 2 aliphatic heterocycles. The zero-order valence-electron chi connectivity index (χ0n) is 20.8. The Hall–Kier alpha value is -1.53. The second-order valence-electron chi connectivity index (χ2n) is 12.2. The van der Waals surface area contributed by atoms with Gasteiger partial charge in [-0.15, -0.1) is 0 Å². The van der Waals surface area contributed by atoms with Crippen LogP contribution in [0.15, 0.2) is 29.1 Å². The van der Waals surface area contributed by atoms with Gasteiger partial charge in [-0.2, -0.15) is 0 Å². The van der Waals surface area contributed by atoms with Crippen molar-refractivity contribution < 1.29 is 14.4 Å². The fraction of sp³-hybridized carbons (Fsp3) is 0.704. The van der Waals surface area contributed by atoms with Gasteiger partial charge in [0.2, 0.25) is 5.44 Å². The first-order valence-electron chi connectivity index (χ1n) is 13.5. The van der Waals surface area contributed by atoms with Gasteiger partial charge < -0.3 is 14.4 Å². The molecular weight excluding hydrogens is 461 g/mol. The van der Waals surface area contributed by atoms with Crippen LogP contribution >= 0.6 is 7.60 Å². The standard InChI is InChI=1S/C27H38N3O4P/c1-27(2)18-11-10-17(22(27)14-18)12-13-29-19-6-5-7-20(29)16-21(15-19)30-24-9-4-3-8-23(24)28-25(26(30)31)35(32,33)34/h3-4,8-9,17-22H,5-7,10-16H2,1-2H3,(H2,32,33,34)/t17-,18-,19-,20+,21?,22-/m0/s1. The third kappa shape index (κ3) is 3.94. The molecule has 3 aliphatic carbocycles. The highest BCUT2D eigenvalue weighted by atomic mass is 31.2. The highest BCUT2D eigenvalue weighted by Gasteiger charge is 2.54. The first kappa shape index (κ1) is 23.8. The monoisotopic (exact) mass is 499 g/mol. The number of benzene rings is 1. The summed E-state index contributed by atoms with van der Waals surface area (Å²) in [6.07, 6.45) is 10.7. The highest BCUT2D eigenvalue weighted by molar-refractivity contribution is 7.59. The van der Waals surface area contributed by atoms with E-state index in [0.717, 1.165) is 50.0 Å². The van der Waals surface area contributed by atoms with E-state index in [1.54, 1.807) is 16.7 Å². The minimum Gasteiger partial charge on any atom is -0.320 e. The zero-order valence-corrected chi connectivity index (χ0v) is 21.7. The SMILES string of the molecule is CC1(C)[C@H]2CC[C@@H](CCN3[C@@H]4CCC[C@H]3CC(n3c(=O)c(P(=O)(O)O)nc5ccccc53)C4)[C@@H]1C2. The van der Waals surface area contributed by atoms with Gasteiger partial charge in [-0.3, -0.25) is 14.3 Å². The zero-order chi connectivity index (χ0) is 24.5. The summed E-state index contributed by atoms with van der Waals surface area (Å²) in [5.41, 5.74) is 0.415. The molecule has 190 valence electrons. The van der Waals surface area contributed by atoms with Gasteiger partial charge in [0.05, 0.1) is 11.0 Å². The van der Waals surface area contributed by atoms with Crippen molar-refractivity contribution >= 4 is 24.1 Å². The van der Waals surface area contributed by atoms with Gasteiger partial charge in [0.1, 0.15) is 0 Å². The van der Waals surface area contributed by atoms with Gasteiger partial charge in [-0.1, -0.05) is 32.4 Å². The van der Waals surface area contributed by atoms with Crippen LogP contribution in [0.3, 0.4) is 0 Å². The molecule has 1 unspecified atom stereocenters. The molecule has 1 aromatic carbocycles. The highest BCUT2D eigenvalue weighted by Crippen LogP contribution is 2.62. The van der Waals surface area contributed by atoms with Crippen molar-refractivity contribution in [1.29, 1.82) is 0 Å². The number of nitrogens with zero attached hydrogens (tertiary/aromatic N) is 3. The molecular formula is C27H38N3O4P. The fourth-order valence-corrected chi connectivity index (χ4v) is 8.94. The summed E-state index contributed by atoms with van der Waals surface area (Å²) < 4.78 is 13.8. The van der Waals surface area contributed by atoms with E-state index in [2.05, 4.69) is 23.7 Å². The third-order valence-corrected chi connectivity index (χ3v) is 11.1. The van der Waals surface area contributed by atoms with Crippen molar-refractivity contribution in [2.45, 2.75) is 89.8 Å². The molecule has 7 nitrogen and oxygen atoms in total. The molecule has 3 heterocycles. The van der Waals surface area contributed by atoms with Crippen LogP contribution in [0, 0.1) is 23.2 Å². The average molecular weight is 500 g/mol. The van der Waals surface area contributed by atoms with Crippen LogP contribution < -0.4 is 11.0 Å². The number of piperidine rings is 2. The summed E-state index contributed by atoms with van der Waals surface area (Å²) in [4.78, 5) is 39.9. The first-order chi connectivity index (χ1) is 16.6. The molecule has 3 saturated carbocycles. The maximum Gasteiger partial charge on any atom is 0.380 e. The Morgan fingerprint density at radius 2 is 1.74 bits per heavy atom. The van der Waals surface area contributed by atoms with Crippen LogP contribution in [0.2, 0.25) is 0 Å². The average Bonchev–Trinajstić information content (AvgIpc) is 2.81. The van der Waals surface area contributed by atoms with Crippen molar-refractivity contribution in [2.75, 3.05) is 6.54 Å². The van der Waals surface area contributed by atoms with Crippen LogP contribution in [0.1, 0.15) is 77.7 Å². The molecule has 7 rings (SSSR count). The van der Waals surface area contributed by atoms with Crippen molar-refractivity contribution in [3.05, 3.63) is 34.6 Å². The summed E-state index contributed by atoms with van der Waals surface area (Å²) in [6, 6.07) is 8.04. The van der Waals surface area contributed by atoms with Crippen molar-refractivity contribution in [3.63, 3.8) is 0 Å². The van der Waals surface area contributed by atoms with Crippen LogP contribution in [0.4, 0.5) is 0 Å². The molecule has 0 spiro atoms. The lowest BCUT2D eigenvalue weighted by atomic mass is 9.45. The Labute approximate surface area is 207 Å². The van der Waals surface area contributed by atoms with E-state index >= 15 is 0 Å². The van der Waals surface area contributed by atoms with E-state index in [-0.39, 0.29) is 6.04 Å². The Bertz CT molecular complexity index is 1220. The predicted molar refractivity (Wildman–Crippen MR) is 137 cm³/mol. The molecule has 35 heavy (non-hydrogen) atoms. The lowest BCUT2D eigenvalue weighted by molar-refractivity contribution is -0.111. The minimum atomic E-state index is -4.77. The maximum atomic E-state index is 13.4. The van der Waals surface area contributed by atoms with Gasteiger partial charge in [0, 0.05) is 18.1 Å². The van der Waals surface area contributed by atoms with Crippen LogP contribution in [0.5, 0.6) is 0 Å². The number of rotatable bonds is 5. The third-order valence-electron chi connectivity index (χ3n) is 10.3. The normalized spacial score (nSPS) is 34.5. The molecule has 4 bridgehead atoms. The van der Waals surface area contributed by atoms with Crippen LogP contribution in [0.25, 0.3) is 11.0 Å². The number of hydrogen-bond donors (Lipinski definition) is 2. The number of para-hydroxylation sites is 2. The maximum absolute atomic E-state index is 13.4. The second kappa shape index (κ2) is 8.51. The Balaban J connectivity index is 1.26. The topological polar surface area (TPSA) is 95.7 Å². The smallest absolute Gasteiger partial charge is 0.320 e. The Morgan fingerprint density at radius 1 is 1.03 bits per heavy atom. The molecule has 5 fully saturated rings. The molecule has 1 aromatic heterocycles. The Kier molecular flexibility index (Phi) is 5.80. The van der Waals surface area contributed by atoms with Crippen molar-refractivity contribution in [1.82, 2.24) is 14.5 Å². The summed E-state index contributed by atoms with van der Waals surface area (Å²) >= 11 is 0. The van der Waals surface area contributed by atoms with Crippen LogP contribution in [-0.4, -0.2) is 42.9 Å². The molecule has 5 aliphatic rings. The van der Waals surface area contributed by atoms with E-state index in [0.29, 0.717) is 28.5 Å². The summed E-state index contributed by atoms with van der Waals surface area (Å²) in [5, 5.41) is 0.